The molecule has 0 bridgehead atoms. The summed E-state index contributed by atoms with van der Waals surface area (Å²) in [6, 6.07) is -0.436. The highest BCUT2D eigenvalue weighted by atomic mass is 32.2. The molecule has 4 unspecified atom stereocenters. The van der Waals surface area contributed by atoms with Crippen molar-refractivity contribution >= 4 is 59.1 Å². The number of thioether (sulfide) groups is 1. The first-order valence-electron chi connectivity index (χ1n) is 39.3. The van der Waals surface area contributed by atoms with E-state index in [9.17, 15) is 38.4 Å². The number of imide groups is 1. The standard InChI is InChI=1S/C73H132N8O29S/c1-2-90-25-26-96-34-31-95-24-18-77-72(88)62(78-68(85)14-21-92-28-33-98-38-42-102-45-47-103-44-40-100-36-30-94-23-17-76-66(83)12-19-81-69(86)10-11-70(81)87)7-5-6-15-74-67(84)13-20-91-27-32-97-37-41-101-46-49-105-51-53-107-55-57-109-59-60-110-58-56-108-54-52-106-50-48-104-43-39-99-35-29-93-22-16-75-65(82)9-4-3-8-64-71-63(61-111-64)79-73(89)80-71/h10-11,62-64,71H,2-9,12-61H2,1H3,(H,74,84)(H,75,82)(H,76,83)(H,77,88)(H,78,85)(H2,79,80,89). The van der Waals surface area contributed by atoms with E-state index < -0.39 is 17.9 Å². The number of ether oxygens (including phenoxy) is 21. The van der Waals surface area contributed by atoms with Crippen LogP contribution >= 0.6 is 11.8 Å². The van der Waals surface area contributed by atoms with Gasteiger partial charge in [-0.05, 0) is 39.0 Å². The van der Waals surface area contributed by atoms with E-state index in [1.807, 2.05) is 18.7 Å². The first kappa shape index (κ1) is 100. The number of unbranched alkanes of at least 4 members (excludes halogenated alkanes) is 2. The molecular formula is C73H132N8O29S. The van der Waals surface area contributed by atoms with Gasteiger partial charge in [0.15, 0.2) is 0 Å². The number of carbonyl (C=O) groups excluding carboxylic acids is 8. The Kier molecular flexibility index (Phi) is 67.8. The minimum absolute atomic E-state index is 0.0225. The van der Waals surface area contributed by atoms with Gasteiger partial charge in [0.1, 0.15) is 6.04 Å². The Morgan fingerprint density at radius 1 is 0.369 bits per heavy atom. The molecule has 0 spiro atoms. The fourth-order valence-corrected chi connectivity index (χ4v) is 11.7. The predicted octanol–water partition coefficient (Wildman–Crippen LogP) is -0.704. The molecular weight excluding hydrogens is 1480 g/mol. The summed E-state index contributed by atoms with van der Waals surface area (Å²) in [4.78, 5) is 98.3. The molecule has 3 rings (SSSR count). The van der Waals surface area contributed by atoms with Crippen LogP contribution in [0.1, 0.15) is 71.1 Å². The van der Waals surface area contributed by atoms with Gasteiger partial charge in [-0.15, -0.1) is 0 Å². The monoisotopic (exact) mass is 1620 g/mol. The first-order chi connectivity index (χ1) is 54.6. The first-order valence-corrected chi connectivity index (χ1v) is 40.3. The van der Waals surface area contributed by atoms with Crippen molar-refractivity contribution in [2.75, 3.05) is 316 Å². The van der Waals surface area contributed by atoms with Crippen LogP contribution < -0.4 is 37.2 Å². The van der Waals surface area contributed by atoms with Crippen molar-refractivity contribution in [1.82, 2.24) is 42.1 Å². The summed E-state index contributed by atoms with van der Waals surface area (Å²) < 4.78 is 116. The molecule has 0 aromatic carbocycles. The molecule has 3 aliphatic rings. The zero-order valence-corrected chi connectivity index (χ0v) is 66.5. The molecule has 0 saturated carbocycles. The minimum Gasteiger partial charge on any atom is -0.379 e. The molecule has 37 nitrogen and oxygen atoms in total. The Morgan fingerprint density at radius 2 is 0.694 bits per heavy atom. The largest absolute Gasteiger partial charge is 0.379 e. The zero-order chi connectivity index (χ0) is 79.4. The van der Waals surface area contributed by atoms with E-state index in [1.165, 1.54) is 12.2 Å². The van der Waals surface area contributed by atoms with E-state index in [2.05, 4.69) is 37.2 Å². The highest BCUT2D eigenvalue weighted by Gasteiger charge is 2.42. The molecule has 644 valence electrons. The number of carbonyl (C=O) groups is 8. The van der Waals surface area contributed by atoms with Crippen LogP contribution in [0.15, 0.2) is 12.2 Å². The number of hydrogen-bond donors (Lipinski definition) is 7. The summed E-state index contributed by atoms with van der Waals surface area (Å²) >= 11 is 1.89. The van der Waals surface area contributed by atoms with Crippen LogP contribution in [0.3, 0.4) is 0 Å². The maximum atomic E-state index is 13.2. The third kappa shape index (κ3) is 61.1. The molecule has 0 radical (unpaired) electrons. The van der Waals surface area contributed by atoms with Crippen molar-refractivity contribution < 1.29 is 138 Å². The summed E-state index contributed by atoms with van der Waals surface area (Å²) in [6.45, 7) is 20.1. The van der Waals surface area contributed by atoms with Crippen molar-refractivity contribution in [3.8, 4) is 0 Å². The number of nitrogens with zero attached hydrogens (tertiary/aromatic N) is 1. The van der Waals surface area contributed by atoms with E-state index in [1.54, 1.807) is 0 Å². The molecule has 111 heavy (non-hydrogen) atoms. The second-order valence-electron chi connectivity index (χ2n) is 24.7. The Bertz CT molecular complexity index is 2340. The van der Waals surface area contributed by atoms with E-state index in [-0.39, 0.29) is 106 Å². The number of rotatable bonds is 85. The second-order valence-corrected chi connectivity index (χ2v) is 26.0. The van der Waals surface area contributed by atoms with E-state index in [4.69, 9.17) is 99.5 Å². The lowest BCUT2D eigenvalue weighted by atomic mass is 10.0. The Balaban J connectivity index is 0.998. The molecule has 3 aliphatic heterocycles. The summed E-state index contributed by atoms with van der Waals surface area (Å²) in [5.74, 6) is -0.987. The van der Waals surface area contributed by atoms with Crippen molar-refractivity contribution in [1.29, 1.82) is 0 Å². The van der Waals surface area contributed by atoms with Crippen LogP contribution in [0.2, 0.25) is 0 Å². The molecule has 9 amide bonds. The van der Waals surface area contributed by atoms with Gasteiger partial charge in [0.25, 0.3) is 11.8 Å². The minimum atomic E-state index is -0.798. The van der Waals surface area contributed by atoms with Crippen LogP contribution in [0.5, 0.6) is 0 Å². The average molecular weight is 1620 g/mol. The fraction of sp³-hybridized carbons (Fsp3) is 0.863. The average Bonchev–Trinajstić information content (AvgIpc) is 1.67. The Morgan fingerprint density at radius 3 is 1.08 bits per heavy atom. The van der Waals surface area contributed by atoms with Gasteiger partial charge >= 0.3 is 6.03 Å². The molecule has 38 heteroatoms. The number of urea groups is 1. The van der Waals surface area contributed by atoms with Gasteiger partial charge in [-0.3, -0.25) is 38.5 Å². The van der Waals surface area contributed by atoms with E-state index in [0.717, 1.165) is 29.9 Å². The smallest absolute Gasteiger partial charge is 0.315 e. The number of fused-ring (bicyclic) bond motifs is 1. The zero-order valence-electron chi connectivity index (χ0n) is 65.7. The SMILES string of the molecule is CCOCCOCCOCCNC(=O)C(CCCCNC(=O)CCOCCOCCOCCOCCOCCOCCOCCOCCOCCOCCOCCOCCNC(=O)CCCCC1SCC2NC(=O)NC21)NC(=O)CCOCCOCCOCCOCCOCCOCCNC(=O)CCN1C(=O)C=CC1=O. The maximum Gasteiger partial charge on any atom is 0.315 e. The highest BCUT2D eigenvalue weighted by molar-refractivity contribution is 8.00. The highest BCUT2D eigenvalue weighted by Crippen LogP contribution is 2.33. The summed E-state index contributed by atoms with van der Waals surface area (Å²) in [5, 5.41) is 20.5. The maximum absolute atomic E-state index is 13.2. The number of nitrogens with one attached hydrogen (secondary N) is 7. The molecule has 0 aliphatic carbocycles. The topological polar surface area (TPSA) is 418 Å². The second kappa shape index (κ2) is 75.1. The fourth-order valence-electron chi connectivity index (χ4n) is 10.2. The summed E-state index contributed by atoms with van der Waals surface area (Å²) in [6.07, 6.45) is 7.37. The molecule has 4 atom stereocenters. The van der Waals surface area contributed by atoms with Crippen molar-refractivity contribution in [2.24, 2.45) is 0 Å². The summed E-state index contributed by atoms with van der Waals surface area (Å²) in [7, 11) is 0. The number of hydrogen-bond acceptors (Lipinski definition) is 30. The van der Waals surface area contributed by atoms with Crippen molar-refractivity contribution in [2.45, 2.75) is 94.5 Å². The normalized spacial score (nSPS) is 15.5. The molecule has 0 aromatic heterocycles. The van der Waals surface area contributed by atoms with Crippen LogP contribution in [-0.4, -0.2) is 392 Å². The van der Waals surface area contributed by atoms with Crippen molar-refractivity contribution in [3.05, 3.63) is 12.2 Å². The molecule has 7 N–H and O–H groups in total. The van der Waals surface area contributed by atoms with Gasteiger partial charge < -0.3 is 137 Å². The van der Waals surface area contributed by atoms with Crippen molar-refractivity contribution in [3.63, 3.8) is 0 Å². The summed E-state index contributed by atoms with van der Waals surface area (Å²) in [5.41, 5.74) is 0. The molecule has 2 saturated heterocycles. The number of amides is 9. The lowest BCUT2D eigenvalue weighted by Crippen LogP contribution is -2.47. The van der Waals surface area contributed by atoms with Gasteiger partial charge in [-0.25, -0.2) is 4.79 Å². The molecule has 0 aromatic rings. The van der Waals surface area contributed by atoms with Gasteiger partial charge in [0.2, 0.25) is 29.5 Å². The van der Waals surface area contributed by atoms with Gasteiger partial charge in [-0.2, -0.15) is 11.8 Å². The van der Waals surface area contributed by atoms with Crippen LogP contribution in [0.25, 0.3) is 0 Å². The Hall–Kier alpha value is -4.99. The van der Waals surface area contributed by atoms with E-state index >= 15 is 0 Å². The lowest BCUT2D eigenvalue weighted by molar-refractivity contribution is -0.137. The quantitative estimate of drug-likeness (QED) is 0.0225. The third-order valence-electron chi connectivity index (χ3n) is 16.0. The molecule has 2 fully saturated rings. The van der Waals surface area contributed by atoms with Gasteiger partial charge in [-0.1, -0.05) is 6.42 Å². The van der Waals surface area contributed by atoms with Crippen LogP contribution in [-0.2, 0) is 133 Å². The Labute approximate surface area is 659 Å². The van der Waals surface area contributed by atoms with Crippen LogP contribution in [0, 0.1) is 0 Å². The van der Waals surface area contributed by atoms with E-state index in [0.29, 0.717) is 302 Å². The van der Waals surface area contributed by atoms with Gasteiger partial charge in [0.05, 0.1) is 283 Å². The predicted molar refractivity (Wildman–Crippen MR) is 404 cm³/mol. The third-order valence-corrected chi connectivity index (χ3v) is 17.5. The lowest BCUT2D eigenvalue weighted by Gasteiger charge is -2.19. The molecule has 3 heterocycles. The van der Waals surface area contributed by atoms with Gasteiger partial charge in [0, 0.05) is 88.2 Å². The van der Waals surface area contributed by atoms with Crippen LogP contribution in [0.4, 0.5) is 4.79 Å².